The highest BCUT2D eigenvalue weighted by molar-refractivity contribution is 7.09. The Bertz CT molecular complexity index is 1000. The summed E-state index contributed by atoms with van der Waals surface area (Å²) < 4.78 is 11.3. The van der Waals surface area contributed by atoms with Crippen molar-refractivity contribution in [2.24, 2.45) is 0 Å². The number of fused-ring (bicyclic) bond motifs is 1. The van der Waals surface area contributed by atoms with E-state index >= 15 is 0 Å². The van der Waals surface area contributed by atoms with Crippen molar-refractivity contribution in [1.29, 1.82) is 0 Å². The van der Waals surface area contributed by atoms with E-state index < -0.39 is 0 Å². The van der Waals surface area contributed by atoms with Gasteiger partial charge in [-0.2, -0.15) is 0 Å². The number of carbonyl (C=O) groups excluding carboxylic acids is 1. The Kier molecular flexibility index (Phi) is 5.01. The smallest absolute Gasteiger partial charge is 0.255 e. The van der Waals surface area contributed by atoms with Crippen molar-refractivity contribution < 1.29 is 14.3 Å². The molecule has 1 aliphatic rings. The number of anilines is 1. The Labute approximate surface area is 165 Å². The third-order valence-corrected chi connectivity index (χ3v) is 5.15. The summed E-state index contributed by atoms with van der Waals surface area (Å²) in [5, 5.41) is 6.27. The molecule has 0 aliphatic carbocycles. The van der Waals surface area contributed by atoms with Crippen LogP contribution in [-0.4, -0.2) is 24.1 Å². The first kappa shape index (κ1) is 17.8. The minimum atomic E-state index is -0.265. The number of rotatable bonds is 3. The Morgan fingerprint density at radius 2 is 2.07 bits per heavy atom. The second-order valence-electron chi connectivity index (χ2n) is 6.12. The molecule has 138 valence electrons. The van der Waals surface area contributed by atoms with Crippen LogP contribution in [0.3, 0.4) is 0 Å². The predicted octanol–water partition coefficient (Wildman–Crippen LogP) is 5.19. The van der Waals surface area contributed by atoms with Crippen molar-refractivity contribution in [3.05, 3.63) is 57.4 Å². The van der Waals surface area contributed by atoms with E-state index in [0.717, 1.165) is 22.7 Å². The van der Waals surface area contributed by atoms with E-state index in [0.29, 0.717) is 41.0 Å². The van der Waals surface area contributed by atoms with Crippen LogP contribution in [0.2, 0.25) is 5.02 Å². The molecule has 1 amide bonds. The van der Waals surface area contributed by atoms with E-state index in [9.17, 15) is 4.79 Å². The van der Waals surface area contributed by atoms with Gasteiger partial charge < -0.3 is 14.8 Å². The van der Waals surface area contributed by atoms with Crippen molar-refractivity contribution in [1.82, 2.24) is 4.98 Å². The number of nitrogens with zero attached hydrogens (tertiary/aromatic N) is 1. The first-order valence-corrected chi connectivity index (χ1v) is 9.79. The average Bonchev–Trinajstić information content (AvgIpc) is 2.95. The van der Waals surface area contributed by atoms with Gasteiger partial charge in [-0.1, -0.05) is 23.7 Å². The molecule has 1 aromatic heterocycles. The Morgan fingerprint density at radius 1 is 1.22 bits per heavy atom. The van der Waals surface area contributed by atoms with Gasteiger partial charge in [0, 0.05) is 28.6 Å². The number of ether oxygens (including phenoxy) is 2. The molecule has 4 rings (SSSR count). The molecule has 2 heterocycles. The first-order valence-electron chi connectivity index (χ1n) is 8.53. The summed E-state index contributed by atoms with van der Waals surface area (Å²) in [5.74, 6) is 0.725. The Hall–Kier alpha value is -2.57. The predicted molar refractivity (Wildman–Crippen MR) is 107 cm³/mol. The van der Waals surface area contributed by atoms with Gasteiger partial charge in [-0.3, -0.25) is 4.79 Å². The maximum atomic E-state index is 12.7. The number of halogens is 1. The molecule has 7 heteroatoms. The highest BCUT2D eigenvalue weighted by atomic mass is 35.5. The Morgan fingerprint density at radius 3 is 2.89 bits per heavy atom. The second-order valence-corrected chi connectivity index (χ2v) is 7.59. The van der Waals surface area contributed by atoms with Gasteiger partial charge in [0.15, 0.2) is 11.5 Å². The van der Waals surface area contributed by atoms with Gasteiger partial charge in [0.1, 0.15) is 0 Å². The average molecular weight is 401 g/mol. The molecule has 0 radical (unpaired) electrons. The number of hydrogen-bond donors (Lipinski definition) is 1. The fourth-order valence-corrected chi connectivity index (χ4v) is 3.70. The topological polar surface area (TPSA) is 60.5 Å². The van der Waals surface area contributed by atoms with Gasteiger partial charge in [-0.25, -0.2) is 4.98 Å². The van der Waals surface area contributed by atoms with Crippen molar-refractivity contribution in [2.75, 3.05) is 18.5 Å². The third-order valence-electron chi connectivity index (χ3n) is 4.10. The van der Waals surface area contributed by atoms with Crippen LogP contribution < -0.4 is 14.8 Å². The SMILES string of the molecule is Cc1nc(-c2cccc(NC(=O)c3cc(Cl)c4c(c3)OCCCO4)c2)cs1. The van der Waals surface area contributed by atoms with E-state index in [2.05, 4.69) is 10.3 Å². The van der Waals surface area contributed by atoms with Gasteiger partial charge >= 0.3 is 0 Å². The highest BCUT2D eigenvalue weighted by Crippen LogP contribution is 2.38. The van der Waals surface area contributed by atoms with Crippen molar-refractivity contribution in [2.45, 2.75) is 13.3 Å². The molecule has 0 bridgehead atoms. The lowest BCUT2D eigenvalue weighted by Gasteiger charge is -2.12. The molecule has 2 aromatic carbocycles. The van der Waals surface area contributed by atoms with Crippen LogP contribution in [0.5, 0.6) is 11.5 Å². The standard InChI is InChI=1S/C20H17ClN2O3S/c1-12-22-17(11-27-12)13-4-2-5-15(8-13)23-20(24)14-9-16(21)19-18(10-14)25-6-3-7-26-19/h2,4-5,8-11H,3,6-7H2,1H3,(H,23,24). The second kappa shape index (κ2) is 7.58. The van der Waals surface area contributed by atoms with E-state index in [1.54, 1.807) is 23.5 Å². The monoisotopic (exact) mass is 400 g/mol. The molecule has 1 aliphatic heterocycles. The zero-order chi connectivity index (χ0) is 18.8. The maximum Gasteiger partial charge on any atom is 0.255 e. The summed E-state index contributed by atoms with van der Waals surface area (Å²) >= 11 is 7.88. The number of amides is 1. The van der Waals surface area contributed by atoms with E-state index in [4.69, 9.17) is 21.1 Å². The van der Waals surface area contributed by atoms with Crippen LogP contribution in [0.1, 0.15) is 21.8 Å². The van der Waals surface area contributed by atoms with Crippen LogP contribution in [0.4, 0.5) is 5.69 Å². The zero-order valence-corrected chi connectivity index (χ0v) is 16.2. The number of carbonyl (C=O) groups is 1. The molecule has 0 unspecified atom stereocenters. The number of nitrogens with one attached hydrogen (secondary N) is 1. The molecule has 0 saturated carbocycles. The third kappa shape index (κ3) is 3.91. The molecule has 3 aromatic rings. The van der Waals surface area contributed by atoms with E-state index in [1.165, 1.54) is 0 Å². The molecule has 0 fully saturated rings. The van der Waals surface area contributed by atoms with Gasteiger partial charge in [-0.05, 0) is 31.2 Å². The molecule has 0 atom stereocenters. The quantitative estimate of drug-likeness (QED) is 0.657. The highest BCUT2D eigenvalue weighted by Gasteiger charge is 2.18. The van der Waals surface area contributed by atoms with Crippen LogP contribution in [0, 0.1) is 6.92 Å². The van der Waals surface area contributed by atoms with Gasteiger partial charge in [-0.15, -0.1) is 11.3 Å². The van der Waals surface area contributed by atoms with Crippen LogP contribution in [0.25, 0.3) is 11.3 Å². The number of thiazole rings is 1. The van der Waals surface area contributed by atoms with Gasteiger partial charge in [0.25, 0.3) is 5.91 Å². The lowest BCUT2D eigenvalue weighted by atomic mass is 10.1. The van der Waals surface area contributed by atoms with Crippen LogP contribution in [-0.2, 0) is 0 Å². The summed E-state index contributed by atoms with van der Waals surface area (Å²) in [7, 11) is 0. The molecular weight excluding hydrogens is 384 g/mol. The van der Waals surface area contributed by atoms with Crippen molar-refractivity contribution in [3.8, 4) is 22.8 Å². The number of aromatic nitrogens is 1. The first-order chi connectivity index (χ1) is 13.1. The molecule has 1 N–H and O–H groups in total. The normalized spacial score (nSPS) is 13.1. The molecule has 5 nitrogen and oxygen atoms in total. The lowest BCUT2D eigenvalue weighted by Crippen LogP contribution is -2.12. The number of aryl methyl sites for hydroxylation is 1. The van der Waals surface area contributed by atoms with Crippen molar-refractivity contribution in [3.63, 3.8) is 0 Å². The van der Waals surface area contributed by atoms with Crippen LogP contribution >= 0.6 is 22.9 Å². The molecule has 0 saturated heterocycles. The number of benzene rings is 2. The summed E-state index contributed by atoms with van der Waals surface area (Å²) in [4.78, 5) is 17.2. The fourth-order valence-electron chi connectivity index (χ4n) is 2.82. The van der Waals surface area contributed by atoms with E-state index in [1.807, 2.05) is 36.6 Å². The van der Waals surface area contributed by atoms with Gasteiger partial charge in [0.05, 0.1) is 28.9 Å². The van der Waals surface area contributed by atoms with Gasteiger partial charge in [0.2, 0.25) is 0 Å². The molecule has 0 spiro atoms. The van der Waals surface area contributed by atoms with Crippen LogP contribution in [0.15, 0.2) is 41.8 Å². The summed E-state index contributed by atoms with van der Waals surface area (Å²) in [5.41, 5.74) is 2.95. The summed E-state index contributed by atoms with van der Waals surface area (Å²) in [6, 6.07) is 10.9. The fraction of sp³-hybridized carbons (Fsp3) is 0.200. The Balaban J connectivity index is 1.58. The van der Waals surface area contributed by atoms with Crippen molar-refractivity contribution >= 4 is 34.5 Å². The zero-order valence-electron chi connectivity index (χ0n) is 14.6. The maximum absolute atomic E-state index is 12.7. The minimum Gasteiger partial charge on any atom is -0.489 e. The molecular formula is C20H17ClN2O3S. The van der Waals surface area contributed by atoms with E-state index in [-0.39, 0.29) is 5.91 Å². The largest absolute Gasteiger partial charge is 0.489 e. The lowest BCUT2D eigenvalue weighted by molar-refractivity contribution is 0.102. The minimum absolute atomic E-state index is 0.265. The summed E-state index contributed by atoms with van der Waals surface area (Å²) in [6.07, 6.45) is 0.773. The number of hydrogen-bond acceptors (Lipinski definition) is 5. The summed E-state index contributed by atoms with van der Waals surface area (Å²) in [6.45, 7) is 3.04. The molecule has 27 heavy (non-hydrogen) atoms.